The molecule has 0 aromatic rings. The van der Waals surface area contributed by atoms with Crippen LogP contribution < -0.4 is 11.1 Å². The zero-order valence-corrected chi connectivity index (χ0v) is 12.9. The number of carbonyl (C=O) groups excluding carboxylic acids is 1. The van der Waals surface area contributed by atoms with Crippen LogP contribution in [0.3, 0.4) is 0 Å². The molecule has 0 radical (unpaired) electrons. The number of carboxylic acid groups (broad SMARTS) is 1. The normalized spacial score (nSPS) is 32.1. The van der Waals surface area contributed by atoms with Crippen molar-refractivity contribution in [2.75, 3.05) is 6.54 Å². The molecule has 0 saturated heterocycles. The van der Waals surface area contributed by atoms with E-state index in [-0.39, 0.29) is 23.8 Å². The fourth-order valence-corrected chi connectivity index (χ4v) is 4.24. The number of carboxylic acids is 1. The Morgan fingerprint density at radius 1 is 1.29 bits per heavy atom. The molecule has 0 aliphatic heterocycles. The molecular formula is C16H28N2O3. The van der Waals surface area contributed by atoms with Gasteiger partial charge in [-0.15, -0.1) is 0 Å². The number of rotatable bonds is 8. The van der Waals surface area contributed by atoms with Crippen LogP contribution in [0.25, 0.3) is 0 Å². The van der Waals surface area contributed by atoms with Crippen molar-refractivity contribution in [3.05, 3.63) is 0 Å². The summed E-state index contributed by atoms with van der Waals surface area (Å²) < 4.78 is 0. The topological polar surface area (TPSA) is 92.4 Å². The van der Waals surface area contributed by atoms with Crippen molar-refractivity contribution < 1.29 is 14.7 Å². The molecule has 4 N–H and O–H groups in total. The van der Waals surface area contributed by atoms with E-state index in [4.69, 9.17) is 5.73 Å². The minimum Gasteiger partial charge on any atom is -0.481 e. The van der Waals surface area contributed by atoms with Crippen molar-refractivity contribution in [1.29, 1.82) is 0 Å². The summed E-state index contributed by atoms with van der Waals surface area (Å²) in [5, 5.41) is 12.4. The number of nitrogens with one attached hydrogen (secondary N) is 1. The van der Waals surface area contributed by atoms with Gasteiger partial charge in [0.15, 0.2) is 0 Å². The highest BCUT2D eigenvalue weighted by Crippen LogP contribution is 2.48. The minimum atomic E-state index is -0.748. The third-order valence-electron chi connectivity index (χ3n) is 5.46. The second-order valence-electron chi connectivity index (χ2n) is 6.68. The van der Waals surface area contributed by atoms with E-state index in [2.05, 4.69) is 12.2 Å². The van der Waals surface area contributed by atoms with E-state index < -0.39 is 5.97 Å². The summed E-state index contributed by atoms with van der Waals surface area (Å²) in [6.07, 6.45) is 6.35. The number of hydrogen-bond acceptors (Lipinski definition) is 3. The summed E-state index contributed by atoms with van der Waals surface area (Å²) in [4.78, 5) is 23.5. The summed E-state index contributed by atoms with van der Waals surface area (Å²) in [5.41, 5.74) is 5.57. The second kappa shape index (κ2) is 7.25. The van der Waals surface area contributed by atoms with E-state index in [0.717, 1.165) is 38.5 Å². The van der Waals surface area contributed by atoms with Gasteiger partial charge in [-0.1, -0.05) is 13.3 Å². The third-order valence-corrected chi connectivity index (χ3v) is 5.46. The summed E-state index contributed by atoms with van der Waals surface area (Å²) in [7, 11) is 0. The highest BCUT2D eigenvalue weighted by atomic mass is 16.4. The molecule has 120 valence electrons. The first-order valence-electron chi connectivity index (χ1n) is 8.29. The van der Waals surface area contributed by atoms with E-state index in [9.17, 15) is 14.7 Å². The molecule has 5 atom stereocenters. The Kier molecular flexibility index (Phi) is 5.62. The molecule has 0 spiro atoms. The lowest BCUT2D eigenvalue weighted by Crippen LogP contribution is -2.46. The van der Waals surface area contributed by atoms with Crippen LogP contribution in [0.1, 0.15) is 51.9 Å². The number of hydrogen-bond donors (Lipinski definition) is 3. The molecule has 1 amide bonds. The van der Waals surface area contributed by atoms with Crippen LogP contribution in [-0.4, -0.2) is 29.6 Å². The fraction of sp³-hybridized carbons (Fsp3) is 0.875. The first-order valence-corrected chi connectivity index (χ1v) is 8.29. The number of amides is 1. The van der Waals surface area contributed by atoms with Crippen molar-refractivity contribution in [2.45, 2.75) is 57.9 Å². The lowest BCUT2D eigenvalue weighted by Gasteiger charge is -2.29. The minimum absolute atomic E-state index is 0.00858. The maximum Gasteiger partial charge on any atom is 0.308 e. The number of carbonyl (C=O) groups is 2. The van der Waals surface area contributed by atoms with Crippen LogP contribution in [0.15, 0.2) is 0 Å². The lowest BCUT2D eigenvalue weighted by atomic mass is 9.84. The standard InChI is InChI=1S/C16H28N2O3/c1-2-10(7-8-17)3-6-13(19)18-15-12-5-4-11(9-12)14(15)16(20)21/h10-12,14-15H,2-9,17H2,1H3,(H,18,19)(H,20,21). The van der Waals surface area contributed by atoms with Gasteiger partial charge in [0.25, 0.3) is 0 Å². The van der Waals surface area contributed by atoms with Gasteiger partial charge in [-0.2, -0.15) is 0 Å². The van der Waals surface area contributed by atoms with Crippen LogP contribution >= 0.6 is 0 Å². The highest BCUT2D eigenvalue weighted by molar-refractivity contribution is 5.78. The summed E-state index contributed by atoms with van der Waals surface area (Å²) in [6, 6.07) is -0.150. The monoisotopic (exact) mass is 296 g/mol. The zero-order chi connectivity index (χ0) is 15.4. The average molecular weight is 296 g/mol. The van der Waals surface area contributed by atoms with Gasteiger partial charge < -0.3 is 16.2 Å². The summed E-state index contributed by atoms with van der Waals surface area (Å²) in [5.74, 6) is 0.00981. The van der Waals surface area contributed by atoms with Gasteiger partial charge in [0.1, 0.15) is 0 Å². The molecule has 5 unspecified atom stereocenters. The first-order chi connectivity index (χ1) is 10.1. The van der Waals surface area contributed by atoms with Gasteiger partial charge >= 0.3 is 5.97 Å². The van der Waals surface area contributed by atoms with Crippen LogP contribution in [0.2, 0.25) is 0 Å². The molecule has 0 heterocycles. The summed E-state index contributed by atoms with van der Waals surface area (Å²) >= 11 is 0. The third kappa shape index (κ3) is 3.76. The molecule has 2 bridgehead atoms. The molecule has 2 aliphatic rings. The van der Waals surface area contributed by atoms with Crippen molar-refractivity contribution in [3.8, 4) is 0 Å². The molecule has 21 heavy (non-hydrogen) atoms. The second-order valence-corrected chi connectivity index (χ2v) is 6.68. The Bertz CT molecular complexity index is 386. The Balaban J connectivity index is 1.83. The lowest BCUT2D eigenvalue weighted by molar-refractivity contribution is -0.144. The molecule has 5 nitrogen and oxygen atoms in total. The van der Waals surface area contributed by atoms with Crippen LogP contribution in [0.5, 0.6) is 0 Å². The van der Waals surface area contributed by atoms with Gasteiger partial charge in [0.05, 0.1) is 5.92 Å². The fourth-order valence-electron chi connectivity index (χ4n) is 4.24. The molecule has 2 rings (SSSR count). The van der Waals surface area contributed by atoms with Crippen molar-refractivity contribution in [3.63, 3.8) is 0 Å². The quantitative estimate of drug-likeness (QED) is 0.636. The largest absolute Gasteiger partial charge is 0.481 e. The van der Waals surface area contributed by atoms with Gasteiger partial charge in [0.2, 0.25) is 5.91 Å². The average Bonchev–Trinajstić information content (AvgIpc) is 3.04. The molecular weight excluding hydrogens is 268 g/mol. The van der Waals surface area contributed by atoms with Crippen LogP contribution in [-0.2, 0) is 9.59 Å². The molecule has 2 fully saturated rings. The summed E-state index contributed by atoms with van der Waals surface area (Å²) in [6.45, 7) is 2.78. The Hall–Kier alpha value is -1.10. The maximum absolute atomic E-state index is 12.1. The predicted molar refractivity (Wildman–Crippen MR) is 80.6 cm³/mol. The number of nitrogens with two attached hydrogens (primary N) is 1. The molecule has 5 heteroatoms. The number of aliphatic carboxylic acids is 1. The van der Waals surface area contributed by atoms with Gasteiger partial charge in [0, 0.05) is 12.5 Å². The molecule has 2 saturated carbocycles. The van der Waals surface area contributed by atoms with Crippen molar-refractivity contribution in [2.24, 2.45) is 29.4 Å². The van der Waals surface area contributed by atoms with E-state index in [0.29, 0.717) is 24.8 Å². The van der Waals surface area contributed by atoms with Gasteiger partial charge in [-0.05, 0) is 56.4 Å². The maximum atomic E-state index is 12.1. The van der Waals surface area contributed by atoms with E-state index in [1.54, 1.807) is 0 Å². The molecule has 2 aliphatic carbocycles. The van der Waals surface area contributed by atoms with E-state index >= 15 is 0 Å². The van der Waals surface area contributed by atoms with Crippen LogP contribution in [0.4, 0.5) is 0 Å². The SMILES string of the molecule is CCC(CCN)CCC(=O)NC1C2CCC(C2)C1C(=O)O. The Labute approximate surface area is 126 Å². The van der Waals surface area contributed by atoms with E-state index in [1.807, 2.05) is 0 Å². The zero-order valence-electron chi connectivity index (χ0n) is 12.9. The van der Waals surface area contributed by atoms with Gasteiger partial charge in [-0.3, -0.25) is 9.59 Å². The van der Waals surface area contributed by atoms with Crippen molar-refractivity contribution in [1.82, 2.24) is 5.32 Å². The highest BCUT2D eigenvalue weighted by Gasteiger charge is 2.51. The Morgan fingerprint density at radius 2 is 2.00 bits per heavy atom. The number of fused-ring (bicyclic) bond motifs is 2. The van der Waals surface area contributed by atoms with Crippen LogP contribution in [0, 0.1) is 23.7 Å². The Morgan fingerprint density at radius 3 is 2.62 bits per heavy atom. The van der Waals surface area contributed by atoms with Gasteiger partial charge in [-0.25, -0.2) is 0 Å². The molecule has 0 aromatic heterocycles. The molecule has 0 aromatic carbocycles. The van der Waals surface area contributed by atoms with E-state index in [1.165, 1.54) is 0 Å². The smallest absolute Gasteiger partial charge is 0.308 e. The predicted octanol–water partition coefficient (Wildman–Crippen LogP) is 1.76. The van der Waals surface area contributed by atoms with Crippen molar-refractivity contribution >= 4 is 11.9 Å². The first kappa shape index (κ1) is 16.3.